The van der Waals surface area contributed by atoms with E-state index in [1.807, 2.05) is 62.5 Å². The number of aliphatic hydroxyl groups excluding tert-OH is 1. The van der Waals surface area contributed by atoms with Gasteiger partial charge in [0.2, 0.25) is 5.91 Å². The highest BCUT2D eigenvalue weighted by Crippen LogP contribution is 2.60. The zero-order valence-electron chi connectivity index (χ0n) is 25.7. The molecule has 0 saturated carbocycles. The molecule has 1 spiro atoms. The molecule has 4 aliphatic rings. The van der Waals surface area contributed by atoms with Crippen LogP contribution in [-0.4, -0.2) is 86.6 Å². The predicted molar refractivity (Wildman–Crippen MR) is 165 cm³/mol. The van der Waals surface area contributed by atoms with Crippen molar-refractivity contribution in [2.75, 3.05) is 43.2 Å². The lowest BCUT2D eigenvalue weighted by Crippen LogP contribution is -2.46. The summed E-state index contributed by atoms with van der Waals surface area (Å²) >= 11 is 0. The first-order chi connectivity index (χ1) is 21.0. The third-order valence-corrected chi connectivity index (χ3v) is 12.3. The number of nitrogens with zero attached hydrogens (tertiary/aromatic N) is 3. The Labute approximate surface area is 258 Å². The van der Waals surface area contributed by atoms with Gasteiger partial charge in [-0.25, -0.2) is 4.79 Å². The molecule has 236 valence electrons. The first kappa shape index (κ1) is 30.6. The molecule has 0 aromatic heterocycles. The van der Waals surface area contributed by atoms with Crippen molar-refractivity contribution >= 4 is 37.6 Å². The molecular formula is C32H41N3O8Si. The molecule has 11 nitrogen and oxygen atoms in total. The van der Waals surface area contributed by atoms with Crippen LogP contribution in [0, 0.1) is 5.92 Å². The van der Waals surface area contributed by atoms with Crippen LogP contribution in [0.4, 0.5) is 16.2 Å². The van der Waals surface area contributed by atoms with Crippen LogP contribution in [0.15, 0.2) is 42.5 Å². The van der Waals surface area contributed by atoms with Crippen molar-refractivity contribution < 1.29 is 38.5 Å². The maximum atomic E-state index is 14.7. The molecule has 3 fully saturated rings. The Morgan fingerprint density at radius 3 is 2.52 bits per heavy atom. The molecule has 0 bridgehead atoms. The second-order valence-corrected chi connectivity index (χ2v) is 16.8. The number of rotatable bonds is 8. The number of hydrogen-bond acceptors (Lipinski definition) is 8. The summed E-state index contributed by atoms with van der Waals surface area (Å²) in [4.78, 5) is 56.8. The lowest BCUT2D eigenvalue weighted by molar-refractivity contribution is -0.150. The van der Waals surface area contributed by atoms with Crippen molar-refractivity contribution in [3.63, 3.8) is 0 Å². The van der Waals surface area contributed by atoms with E-state index in [0.717, 1.165) is 24.1 Å². The molecule has 4 aliphatic heterocycles. The fraction of sp³-hybridized carbons (Fsp3) is 0.531. The monoisotopic (exact) mass is 623 g/mol. The van der Waals surface area contributed by atoms with Gasteiger partial charge in [0.1, 0.15) is 12.4 Å². The van der Waals surface area contributed by atoms with Gasteiger partial charge in [-0.15, -0.1) is 0 Å². The summed E-state index contributed by atoms with van der Waals surface area (Å²) < 4.78 is 17.4. The molecule has 2 aromatic rings. The summed E-state index contributed by atoms with van der Waals surface area (Å²) in [6.07, 6.45) is 0.556. The molecule has 5 atom stereocenters. The Bertz CT molecular complexity index is 1450. The standard InChI is InChI=1S/C32H41N3O8Si/c1-20-29(44(3,4)40)27(17-28(37)33-13-5-6-23(33)19-36)43-32(20)25-16-24(41-2)11-12-26(25)35(30(32)38)18-21-7-9-22(10-8-21)34-14-15-42-31(34)39/h7-12,16,20,23,27,29,36,40H,5-6,13-15,17-19H2,1-4H3/t20-,23+,27+,29-,32+/m1/s1. The molecule has 0 radical (unpaired) electrons. The Hall–Kier alpha value is -3.45. The minimum absolute atomic E-state index is 0.0250. The third kappa shape index (κ3) is 4.97. The third-order valence-electron chi connectivity index (χ3n) is 9.82. The Morgan fingerprint density at radius 1 is 1.14 bits per heavy atom. The van der Waals surface area contributed by atoms with E-state index in [0.29, 0.717) is 36.7 Å². The Kier molecular flexibility index (Phi) is 7.97. The summed E-state index contributed by atoms with van der Waals surface area (Å²) in [5.41, 5.74) is 1.14. The van der Waals surface area contributed by atoms with Crippen LogP contribution in [0.5, 0.6) is 5.75 Å². The average Bonchev–Trinajstić information content (AvgIpc) is 3.76. The maximum absolute atomic E-state index is 14.7. The molecule has 2 N–H and O–H groups in total. The van der Waals surface area contributed by atoms with Crippen LogP contribution in [0.25, 0.3) is 0 Å². The van der Waals surface area contributed by atoms with Crippen molar-refractivity contribution in [3.8, 4) is 5.75 Å². The number of anilines is 2. The first-order valence-corrected chi connectivity index (χ1v) is 18.4. The van der Waals surface area contributed by atoms with Crippen molar-refractivity contribution in [1.29, 1.82) is 0 Å². The molecule has 4 heterocycles. The van der Waals surface area contributed by atoms with E-state index in [4.69, 9.17) is 14.2 Å². The van der Waals surface area contributed by atoms with Gasteiger partial charge in [-0.05, 0) is 61.8 Å². The van der Waals surface area contributed by atoms with Crippen molar-refractivity contribution in [1.82, 2.24) is 4.90 Å². The van der Waals surface area contributed by atoms with Gasteiger partial charge in [0.15, 0.2) is 13.9 Å². The van der Waals surface area contributed by atoms with Gasteiger partial charge in [0.25, 0.3) is 5.91 Å². The van der Waals surface area contributed by atoms with Crippen molar-refractivity contribution in [3.05, 3.63) is 53.6 Å². The number of fused-ring (bicyclic) bond motifs is 2. The van der Waals surface area contributed by atoms with Gasteiger partial charge < -0.3 is 33.9 Å². The SMILES string of the molecule is COc1ccc2c(c1)[C@]1(O[C@@H](CC(=O)N3CCC[C@H]3CO)[C@H]([Si](C)(C)O)[C@H]1C)C(=O)N2Cc1ccc(N2CCOC2=O)cc1. The maximum Gasteiger partial charge on any atom is 0.414 e. The van der Waals surface area contributed by atoms with Gasteiger partial charge in [-0.3, -0.25) is 14.5 Å². The molecule has 3 amide bonds. The molecule has 6 rings (SSSR count). The zero-order valence-corrected chi connectivity index (χ0v) is 26.7. The first-order valence-electron chi connectivity index (χ1n) is 15.3. The average molecular weight is 624 g/mol. The van der Waals surface area contributed by atoms with Crippen molar-refractivity contribution in [2.24, 2.45) is 5.92 Å². The molecular weight excluding hydrogens is 582 g/mol. The second kappa shape index (κ2) is 11.5. The molecule has 0 unspecified atom stereocenters. The van der Waals surface area contributed by atoms with Crippen LogP contribution >= 0.6 is 0 Å². The normalized spacial score (nSPS) is 28.3. The van der Waals surface area contributed by atoms with E-state index in [1.165, 1.54) is 0 Å². The number of amides is 3. The Morgan fingerprint density at radius 2 is 1.89 bits per heavy atom. The summed E-state index contributed by atoms with van der Waals surface area (Å²) in [5, 5.41) is 9.82. The van der Waals surface area contributed by atoms with E-state index in [-0.39, 0.29) is 43.5 Å². The fourth-order valence-electron chi connectivity index (χ4n) is 7.78. The number of methoxy groups -OCH3 is 1. The molecule has 44 heavy (non-hydrogen) atoms. The van der Waals surface area contributed by atoms with Crippen LogP contribution in [-0.2, 0) is 31.2 Å². The predicted octanol–water partition coefficient (Wildman–Crippen LogP) is 3.37. The molecule has 3 saturated heterocycles. The number of benzene rings is 2. The zero-order chi connectivity index (χ0) is 31.4. The van der Waals surface area contributed by atoms with Gasteiger partial charge in [0, 0.05) is 29.3 Å². The van der Waals surface area contributed by atoms with Crippen LogP contribution in [0.2, 0.25) is 18.6 Å². The lowest BCUT2D eigenvalue weighted by atomic mass is 9.82. The highest BCUT2D eigenvalue weighted by molar-refractivity contribution is 6.71. The number of ether oxygens (including phenoxy) is 3. The minimum atomic E-state index is -2.96. The topological polar surface area (TPSA) is 129 Å². The molecule has 12 heteroatoms. The Balaban J connectivity index is 1.34. The van der Waals surface area contributed by atoms with Crippen LogP contribution in [0.3, 0.4) is 0 Å². The van der Waals surface area contributed by atoms with Gasteiger partial charge in [-0.1, -0.05) is 19.1 Å². The minimum Gasteiger partial charge on any atom is -0.497 e. The summed E-state index contributed by atoms with van der Waals surface area (Å²) in [6, 6.07) is 12.8. The number of carbonyl (C=O) groups excluding carboxylic acids is 3. The summed E-state index contributed by atoms with van der Waals surface area (Å²) in [5.74, 6) is -0.219. The number of aliphatic hydroxyl groups is 1. The fourth-order valence-corrected chi connectivity index (χ4v) is 10.3. The van der Waals surface area contributed by atoms with Gasteiger partial charge >= 0.3 is 6.09 Å². The van der Waals surface area contributed by atoms with Crippen molar-refractivity contribution in [2.45, 2.75) is 69.1 Å². The summed E-state index contributed by atoms with van der Waals surface area (Å²) in [7, 11) is -1.39. The highest BCUT2D eigenvalue weighted by Gasteiger charge is 2.66. The molecule has 2 aromatic carbocycles. The van der Waals surface area contributed by atoms with Gasteiger partial charge in [0.05, 0.1) is 51.1 Å². The number of hydrogen-bond donors (Lipinski definition) is 2. The number of cyclic esters (lactones) is 1. The largest absolute Gasteiger partial charge is 0.497 e. The van der Waals surface area contributed by atoms with Crippen LogP contribution < -0.4 is 14.5 Å². The number of likely N-dealkylation sites (tertiary alicyclic amines) is 1. The van der Waals surface area contributed by atoms with E-state index in [9.17, 15) is 24.3 Å². The highest BCUT2D eigenvalue weighted by atomic mass is 28.4. The van der Waals surface area contributed by atoms with Crippen LogP contribution in [0.1, 0.15) is 37.3 Å². The van der Waals surface area contributed by atoms with E-state index >= 15 is 0 Å². The second-order valence-electron chi connectivity index (χ2n) is 12.8. The van der Waals surface area contributed by atoms with E-state index < -0.39 is 31.5 Å². The molecule has 0 aliphatic carbocycles. The quantitative estimate of drug-likeness (QED) is 0.429. The smallest absolute Gasteiger partial charge is 0.414 e. The lowest BCUT2D eigenvalue weighted by Gasteiger charge is -2.33. The van der Waals surface area contributed by atoms with E-state index in [2.05, 4.69) is 0 Å². The van der Waals surface area contributed by atoms with Gasteiger partial charge in [-0.2, -0.15) is 0 Å². The number of carbonyl (C=O) groups is 3. The summed E-state index contributed by atoms with van der Waals surface area (Å²) in [6.45, 7) is 7.21. The van der Waals surface area contributed by atoms with E-state index in [1.54, 1.807) is 21.8 Å².